The SMILES string of the molecule is CCCOCCOCCNCCCC(C)C. The van der Waals surface area contributed by atoms with Gasteiger partial charge >= 0.3 is 0 Å². The Bertz CT molecular complexity index is 129. The van der Waals surface area contributed by atoms with Gasteiger partial charge in [0.15, 0.2) is 0 Å². The quantitative estimate of drug-likeness (QED) is 0.523. The van der Waals surface area contributed by atoms with Gasteiger partial charge in [0, 0.05) is 13.2 Å². The minimum Gasteiger partial charge on any atom is -0.379 e. The van der Waals surface area contributed by atoms with Crippen LogP contribution in [0.5, 0.6) is 0 Å². The maximum atomic E-state index is 5.42. The molecule has 0 unspecified atom stereocenters. The average molecular weight is 231 g/mol. The highest BCUT2D eigenvalue weighted by Crippen LogP contribution is 2.01. The Morgan fingerprint density at radius 3 is 2.25 bits per heavy atom. The summed E-state index contributed by atoms with van der Waals surface area (Å²) < 4.78 is 10.7. The maximum absolute atomic E-state index is 5.42. The lowest BCUT2D eigenvalue weighted by Crippen LogP contribution is -2.22. The highest BCUT2D eigenvalue weighted by atomic mass is 16.5. The molecule has 3 heteroatoms. The first-order valence-corrected chi connectivity index (χ1v) is 6.63. The lowest BCUT2D eigenvalue weighted by atomic mass is 10.1. The second-order valence-electron chi connectivity index (χ2n) is 4.51. The Balaban J connectivity index is 2.88. The molecule has 0 aliphatic heterocycles. The molecule has 0 saturated heterocycles. The van der Waals surface area contributed by atoms with Gasteiger partial charge in [-0.1, -0.05) is 20.8 Å². The van der Waals surface area contributed by atoms with Crippen LogP contribution in [0.1, 0.15) is 40.0 Å². The van der Waals surface area contributed by atoms with Crippen LogP contribution in [0, 0.1) is 5.92 Å². The van der Waals surface area contributed by atoms with Crippen molar-refractivity contribution in [3.63, 3.8) is 0 Å². The lowest BCUT2D eigenvalue weighted by Gasteiger charge is -2.07. The summed E-state index contributed by atoms with van der Waals surface area (Å²) in [7, 11) is 0. The van der Waals surface area contributed by atoms with Gasteiger partial charge in [0.2, 0.25) is 0 Å². The highest BCUT2D eigenvalue weighted by molar-refractivity contribution is 4.50. The van der Waals surface area contributed by atoms with Gasteiger partial charge in [-0.3, -0.25) is 0 Å². The zero-order valence-electron chi connectivity index (χ0n) is 11.3. The molecule has 0 amide bonds. The van der Waals surface area contributed by atoms with Crippen LogP contribution in [-0.4, -0.2) is 39.5 Å². The van der Waals surface area contributed by atoms with E-state index in [-0.39, 0.29) is 0 Å². The Hall–Kier alpha value is -0.120. The molecule has 0 radical (unpaired) electrons. The van der Waals surface area contributed by atoms with Gasteiger partial charge in [-0.2, -0.15) is 0 Å². The van der Waals surface area contributed by atoms with E-state index in [4.69, 9.17) is 9.47 Å². The van der Waals surface area contributed by atoms with Crippen molar-refractivity contribution < 1.29 is 9.47 Å². The molecule has 0 aromatic rings. The molecule has 0 bridgehead atoms. The molecule has 1 N–H and O–H groups in total. The van der Waals surface area contributed by atoms with Crippen molar-refractivity contribution in [2.75, 3.05) is 39.5 Å². The van der Waals surface area contributed by atoms with Crippen LogP contribution in [0.4, 0.5) is 0 Å². The Morgan fingerprint density at radius 2 is 1.62 bits per heavy atom. The predicted molar refractivity (Wildman–Crippen MR) is 68.9 cm³/mol. The third-order valence-electron chi connectivity index (χ3n) is 2.28. The Kier molecular flexibility index (Phi) is 12.9. The fourth-order valence-corrected chi connectivity index (χ4v) is 1.37. The third kappa shape index (κ3) is 13.9. The summed E-state index contributed by atoms with van der Waals surface area (Å²) in [6, 6.07) is 0. The van der Waals surface area contributed by atoms with Gasteiger partial charge in [-0.05, 0) is 31.7 Å². The van der Waals surface area contributed by atoms with Gasteiger partial charge in [0.05, 0.1) is 19.8 Å². The summed E-state index contributed by atoms with van der Waals surface area (Å²) in [4.78, 5) is 0. The van der Waals surface area contributed by atoms with Gasteiger partial charge in [0.1, 0.15) is 0 Å². The van der Waals surface area contributed by atoms with Crippen molar-refractivity contribution in [3.05, 3.63) is 0 Å². The Morgan fingerprint density at radius 1 is 0.938 bits per heavy atom. The molecule has 0 aromatic carbocycles. The lowest BCUT2D eigenvalue weighted by molar-refractivity contribution is 0.0491. The molecular weight excluding hydrogens is 202 g/mol. The molecule has 0 aliphatic rings. The van der Waals surface area contributed by atoms with Crippen LogP contribution in [0.3, 0.4) is 0 Å². The number of ether oxygens (including phenoxy) is 2. The highest BCUT2D eigenvalue weighted by Gasteiger charge is 1.93. The van der Waals surface area contributed by atoms with Crippen LogP contribution in [0.15, 0.2) is 0 Å². The normalized spacial score (nSPS) is 11.2. The first-order chi connectivity index (χ1) is 7.77. The van der Waals surface area contributed by atoms with Crippen LogP contribution >= 0.6 is 0 Å². The predicted octanol–water partition coefficient (Wildman–Crippen LogP) is 2.46. The summed E-state index contributed by atoms with van der Waals surface area (Å²) in [6.45, 7) is 11.8. The smallest absolute Gasteiger partial charge is 0.0701 e. The van der Waals surface area contributed by atoms with Crippen molar-refractivity contribution in [2.24, 2.45) is 5.92 Å². The van der Waals surface area contributed by atoms with Crippen molar-refractivity contribution in [3.8, 4) is 0 Å². The maximum Gasteiger partial charge on any atom is 0.0701 e. The minimum absolute atomic E-state index is 0.716. The van der Waals surface area contributed by atoms with Crippen LogP contribution in [0.2, 0.25) is 0 Å². The fraction of sp³-hybridized carbons (Fsp3) is 1.00. The van der Waals surface area contributed by atoms with Crippen molar-refractivity contribution in [2.45, 2.75) is 40.0 Å². The van der Waals surface area contributed by atoms with Crippen LogP contribution in [0.25, 0.3) is 0 Å². The summed E-state index contributed by atoms with van der Waals surface area (Å²) in [5.74, 6) is 0.814. The van der Waals surface area contributed by atoms with Gasteiger partial charge < -0.3 is 14.8 Å². The van der Waals surface area contributed by atoms with E-state index in [9.17, 15) is 0 Å². The van der Waals surface area contributed by atoms with E-state index in [2.05, 4.69) is 26.1 Å². The number of hydrogen-bond acceptors (Lipinski definition) is 3. The minimum atomic E-state index is 0.716. The first kappa shape index (κ1) is 15.9. The first-order valence-electron chi connectivity index (χ1n) is 6.63. The summed E-state index contributed by atoms with van der Waals surface area (Å²) >= 11 is 0. The monoisotopic (exact) mass is 231 g/mol. The number of nitrogens with one attached hydrogen (secondary N) is 1. The zero-order valence-corrected chi connectivity index (χ0v) is 11.3. The number of rotatable bonds is 12. The standard InChI is InChI=1S/C13H29NO2/c1-4-9-15-11-12-16-10-8-14-7-5-6-13(2)3/h13-14H,4-12H2,1-3H3. The molecule has 0 aromatic heterocycles. The van der Waals surface area contributed by atoms with Crippen molar-refractivity contribution in [1.82, 2.24) is 5.32 Å². The summed E-state index contributed by atoms with van der Waals surface area (Å²) in [5.41, 5.74) is 0. The zero-order chi connectivity index (χ0) is 12.1. The van der Waals surface area contributed by atoms with E-state index >= 15 is 0 Å². The van der Waals surface area contributed by atoms with E-state index in [0.717, 1.165) is 45.2 Å². The van der Waals surface area contributed by atoms with Gasteiger partial charge in [-0.15, -0.1) is 0 Å². The molecule has 0 saturated carbocycles. The van der Waals surface area contributed by atoms with Gasteiger partial charge in [-0.25, -0.2) is 0 Å². The molecule has 0 fully saturated rings. The van der Waals surface area contributed by atoms with Crippen LogP contribution < -0.4 is 5.32 Å². The molecule has 0 atom stereocenters. The topological polar surface area (TPSA) is 30.5 Å². The fourth-order valence-electron chi connectivity index (χ4n) is 1.37. The molecule has 0 rings (SSSR count). The van der Waals surface area contributed by atoms with E-state index < -0.39 is 0 Å². The number of hydrogen-bond donors (Lipinski definition) is 1. The average Bonchev–Trinajstić information content (AvgIpc) is 2.25. The van der Waals surface area contributed by atoms with E-state index in [0.29, 0.717) is 6.61 Å². The second-order valence-corrected chi connectivity index (χ2v) is 4.51. The molecule has 3 nitrogen and oxygen atoms in total. The van der Waals surface area contributed by atoms with Crippen molar-refractivity contribution >= 4 is 0 Å². The molecule has 0 heterocycles. The van der Waals surface area contributed by atoms with Gasteiger partial charge in [0.25, 0.3) is 0 Å². The van der Waals surface area contributed by atoms with Crippen LogP contribution in [-0.2, 0) is 9.47 Å². The molecule has 98 valence electrons. The summed E-state index contributed by atoms with van der Waals surface area (Å²) in [6.07, 6.45) is 3.65. The molecule has 16 heavy (non-hydrogen) atoms. The van der Waals surface area contributed by atoms with Crippen molar-refractivity contribution in [1.29, 1.82) is 0 Å². The molecular formula is C13H29NO2. The Labute approximate surface area is 101 Å². The largest absolute Gasteiger partial charge is 0.379 e. The van der Waals surface area contributed by atoms with E-state index in [1.165, 1.54) is 12.8 Å². The second kappa shape index (κ2) is 12.9. The third-order valence-corrected chi connectivity index (χ3v) is 2.28. The van der Waals surface area contributed by atoms with E-state index in [1.54, 1.807) is 0 Å². The molecule has 0 spiro atoms. The molecule has 0 aliphatic carbocycles. The summed E-state index contributed by atoms with van der Waals surface area (Å²) in [5, 5.41) is 3.38. The van der Waals surface area contributed by atoms with E-state index in [1.807, 2.05) is 0 Å².